The van der Waals surface area contributed by atoms with E-state index in [-0.39, 0.29) is 6.61 Å². The standard InChI is InChI=1S/C8H13NOS/c1-6(3-4-10)8-7(2)9-5-11-8/h5-6,10H,3-4H2,1-2H3/t6-/m0/s1. The highest BCUT2D eigenvalue weighted by Gasteiger charge is 2.09. The van der Waals surface area contributed by atoms with Gasteiger partial charge in [-0.15, -0.1) is 11.3 Å². The fraction of sp³-hybridized carbons (Fsp3) is 0.625. The summed E-state index contributed by atoms with van der Waals surface area (Å²) >= 11 is 1.68. The molecule has 11 heavy (non-hydrogen) atoms. The highest BCUT2D eigenvalue weighted by atomic mass is 32.1. The molecule has 2 nitrogen and oxygen atoms in total. The lowest BCUT2D eigenvalue weighted by Crippen LogP contribution is -1.95. The van der Waals surface area contributed by atoms with E-state index in [1.807, 2.05) is 12.4 Å². The molecule has 0 unspecified atom stereocenters. The van der Waals surface area contributed by atoms with Gasteiger partial charge in [-0.05, 0) is 19.3 Å². The minimum Gasteiger partial charge on any atom is -0.396 e. The van der Waals surface area contributed by atoms with E-state index in [1.165, 1.54) is 4.88 Å². The van der Waals surface area contributed by atoms with Gasteiger partial charge in [0.25, 0.3) is 0 Å². The van der Waals surface area contributed by atoms with Crippen molar-refractivity contribution in [3.8, 4) is 0 Å². The van der Waals surface area contributed by atoms with Crippen LogP contribution in [0, 0.1) is 6.92 Å². The molecule has 3 heteroatoms. The molecule has 1 rings (SSSR count). The Kier molecular flexibility index (Phi) is 3.02. The molecule has 0 aromatic carbocycles. The molecular weight excluding hydrogens is 158 g/mol. The SMILES string of the molecule is Cc1ncsc1[C@@H](C)CCO. The molecule has 0 radical (unpaired) electrons. The number of aromatic nitrogens is 1. The quantitative estimate of drug-likeness (QED) is 0.754. The fourth-order valence-electron chi connectivity index (χ4n) is 1.11. The smallest absolute Gasteiger partial charge is 0.0797 e. The minimum absolute atomic E-state index is 0.262. The van der Waals surface area contributed by atoms with Crippen LogP contribution >= 0.6 is 11.3 Å². The minimum atomic E-state index is 0.262. The number of rotatable bonds is 3. The van der Waals surface area contributed by atoms with Crippen molar-refractivity contribution in [1.82, 2.24) is 4.98 Å². The van der Waals surface area contributed by atoms with Crippen LogP contribution < -0.4 is 0 Å². The second kappa shape index (κ2) is 3.83. The molecule has 0 saturated carbocycles. The number of aliphatic hydroxyl groups excluding tert-OH is 1. The maximum Gasteiger partial charge on any atom is 0.0797 e. The predicted octanol–water partition coefficient (Wildman–Crippen LogP) is 1.94. The second-order valence-corrected chi connectivity index (χ2v) is 3.60. The Morgan fingerprint density at radius 3 is 2.91 bits per heavy atom. The molecule has 0 bridgehead atoms. The number of hydrogen-bond acceptors (Lipinski definition) is 3. The molecule has 0 saturated heterocycles. The third-order valence-corrected chi connectivity index (χ3v) is 2.95. The van der Waals surface area contributed by atoms with Crippen LogP contribution in [0.4, 0.5) is 0 Å². The Bertz CT molecular complexity index is 222. The van der Waals surface area contributed by atoms with E-state index >= 15 is 0 Å². The summed E-state index contributed by atoms with van der Waals surface area (Å²) in [5.41, 5.74) is 2.97. The van der Waals surface area contributed by atoms with Gasteiger partial charge in [0.15, 0.2) is 0 Å². The first-order valence-electron chi connectivity index (χ1n) is 3.76. The van der Waals surface area contributed by atoms with Crippen LogP contribution in [0.1, 0.15) is 29.8 Å². The van der Waals surface area contributed by atoms with Crippen LogP contribution in [0.5, 0.6) is 0 Å². The summed E-state index contributed by atoms with van der Waals surface area (Å²) in [6.07, 6.45) is 0.836. The predicted molar refractivity (Wildman–Crippen MR) is 47.0 cm³/mol. The van der Waals surface area contributed by atoms with Crippen molar-refractivity contribution < 1.29 is 5.11 Å². The van der Waals surface area contributed by atoms with Crippen LogP contribution in [0.3, 0.4) is 0 Å². The molecule has 1 aromatic rings. The van der Waals surface area contributed by atoms with Gasteiger partial charge < -0.3 is 5.11 Å². The Morgan fingerprint density at radius 2 is 2.45 bits per heavy atom. The van der Waals surface area contributed by atoms with E-state index in [2.05, 4.69) is 11.9 Å². The Morgan fingerprint density at radius 1 is 1.73 bits per heavy atom. The molecular formula is C8H13NOS. The van der Waals surface area contributed by atoms with Crippen molar-refractivity contribution >= 4 is 11.3 Å². The third kappa shape index (κ3) is 2.01. The normalized spacial score (nSPS) is 13.4. The second-order valence-electron chi connectivity index (χ2n) is 2.72. The molecule has 1 N–H and O–H groups in total. The lowest BCUT2D eigenvalue weighted by Gasteiger charge is -2.06. The number of thiazole rings is 1. The largest absolute Gasteiger partial charge is 0.396 e. The van der Waals surface area contributed by atoms with Gasteiger partial charge in [-0.1, -0.05) is 6.92 Å². The number of aliphatic hydroxyl groups is 1. The maximum absolute atomic E-state index is 8.71. The zero-order valence-corrected chi connectivity index (χ0v) is 7.69. The third-order valence-electron chi connectivity index (χ3n) is 1.79. The van der Waals surface area contributed by atoms with Crippen LogP contribution in [-0.4, -0.2) is 16.7 Å². The van der Waals surface area contributed by atoms with Gasteiger partial charge >= 0.3 is 0 Å². The highest BCUT2D eigenvalue weighted by molar-refractivity contribution is 7.09. The zero-order chi connectivity index (χ0) is 8.27. The Labute approximate surface area is 70.9 Å². The molecule has 1 atom stereocenters. The van der Waals surface area contributed by atoms with Crippen LogP contribution in [-0.2, 0) is 0 Å². The Balaban J connectivity index is 2.67. The van der Waals surface area contributed by atoms with E-state index in [0.29, 0.717) is 5.92 Å². The summed E-state index contributed by atoms with van der Waals surface area (Å²) in [4.78, 5) is 5.46. The van der Waals surface area contributed by atoms with Crippen molar-refractivity contribution in [3.05, 3.63) is 16.1 Å². The summed E-state index contributed by atoms with van der Waals surface area (Å²) < 4.78 is 0. The molecule has 0 spiro atoms. The molecule has 62 valence electrons. The molecule has 0 aliphatic heterocycles. The first-order chi connectivity index (χ1) is 5.25. The van der Waals surface area contributed by atoms with E-state index in [0.717, 1.165) is 12.1 Å². The number of aryl methyl sites for hydroxylation is 1. The van der Waals surface area contributed by atoms with Crippen molar-refractivity contribution in [1.29, 1.82) is 0 Å². The summed E-state index contributed by atoms with van der Waals surface area (Å²) in [6.45, 7) is 4.40. The summed E-state index contributed by atoms with van der Waals surface area (Å²) in [5.74, 6) is 0.451. The van der Waals surface area contributed by atoms with Gasteiger partial charge in [0.05, 0.1) is 11.2 Å². The van der Waals surface area contributed by atoms with Crippen LogP contribution in [0.15, 0.2) is 5.51 Å². The highest BCUT2D eigenvalue weighted by Crippen LogP contribution is 2.25. The molecule has 0 aliphatic carbocycles. The zero-order valence-electron chi connectivity index (χ0n) is 6.87. The first kappa shape index (κ1) is 8.68. The number of nitrogens with zero attached hydrogens (tertiary/aromatic N) is 1. The fourth-order valence-corrected chi connectivity index (χ4v) is 2.01. The van der Waals surface area contributed by atoms with Gasteiger partial charge in [-0.25, -0.2) is 4.98 Å². The number of hydrogen-bond donors (Lipinski definition) is 1. The van der Waals surface area contributed by atoms with Crippen molar-refractivity contribution in [2.24, 2.45) is 0 Å². The van der Waals surface area contributed by atoms with Gasteiger partial charge in [0.1, 0.15) is 0 Å². The van der Waals surface area contributed by atoms with Gasteiger partial charge in [-0.2, -0.15) is 0 Å². The van der Waals surface area contributed by atoms with Gasteiger partial charge in [-0.3, -0.25) is 0 Å². The van der Waals surface area contributed by atoms with Crippen molar-refractivity contribution in [2.75, 3.05) is 6.61 Å². The topological polar surface area (TPSA) is 33.1 Å². The molecule has 1 aromatic heterocycles. The average molecular weight is 171 g/mol. The first-order valence-corrected chi connectivity index (χ1v) is 4.64. The van der Waals surface area contributed by atoms with E-state index in [1.54, 1.807) is 11.3 Å². The average Bonchev–Trinajstić information content (AvgIpc) is 2.36. The lowest BCUT2D eigenvalue weighted by molar-refractivity contribution is 0.279. The molecule has 0 fully saturated rings. The molecule has 0 amide bonds. The lowest BCUT2D eigenvalue weighted by atomic mass is 10.1. The summed E-state index contributed by atoms with van der Waals surface area (Å²) in [6, 6.07) is 0. The monoisotopic (exact) mass is 171 g/mol. The molecule has 0 aliphatic rings. The Hall–Kier alpha value is -0.410. The van der Waals surface area contributed by atoms with Crippen molar-refractivity contribution in [3.63, 3.8) is 0 Å². The summed E-state index contributed by atoms with van der Waals surface area (Å²) in [7, 11) is 0. The van der Waals surface area contributed by atoms with Crippen LogP contribution in [0.2, 0.25) is 0 Å². The maximum atomic E-state index is 8.71. The summed E-state index contributed by atoms with van der Waals surface area (Å²) in [5, 5.41) is 8.71. The van der Waals surface area contributed by atoms with Gasteiger partial charge in [0.2, 0.25) is 0 Å². The van der Waals surface area contributed by atoms with Crippen LogP contribution in [0.25, 0.3) is 0 Å². The van der Waals surface area contributed by atoms with Crippen molar-refractivity contribution in [2.45, 2.75) is 26.2 Å². The molecule has 1 heterocycles. The van der Waals surface area contributed by atoms with E-state index < -0.39 is 0 Å². The van der Waals surface area contributed by atoms with Gasteiger partial charge in [0, 0.05) is 11.5 Å². The van der Waals surface area contributed by atoms with E-state index in [4.69, 9.17) is 5.11 Å². The van der Waals surface area contributed by atoms with E-state index in [9.17, 15) is 0 Å².